The fourth-order valence-corrected chi connectivity index (χ4v) is 2.34. The Morgan fingerprint density at radius 3 is 2.18 bits per heavy atom. The van der Waals surface area contributed by atoms with E-state index in [9.17, 15) is 0 Å². The summed E-state index contributed by atoms with van der Waals surface area (Å²) in [5.41, 5.74) is 0. The minimum atomic E-state index is 0.885. The highest BCUT2D eigenvalue weighted by Gasteiger charge is 2.22. The molecule has 0 bridgehead atoms. The van der Waals surface area contributed by atoms with E-state index < -0.39 is 0 Å². The minimum absolute atomic E-state index is 0.885. The average molecular weight is 243 g/mol. The second kappa shape index (κ2) is 14.0. The first-order valence-corrected chi connectivity index (χ1v) is 7.94. The highest BCUT2D eigenvalue weighted by atomic mass is 15.1. The van der Waals surface area contributed by atoms with E-state index in [-0.39, 0.29) is 0 Å². The van der Waals surface area contributed by atoms with Crippen LogP contribution in [0, 0.1) is 5.92 Å². The predicted molar refractivity (Wildman–Crippen MR) is 81.7 cm³/mol. The van der Waals surface area contributed by atoms with Crippen LogP contribution < -0.4 is 0 Å². The van der Waals surface area contributed by atoms with Crippen molar-refractivity contribution < 1.29 is 0 Å². The third kappa shape index (κ3) is 9.64. The maximum atomic E-state index is 2.57. The summed E-state index contributed by atoms with van der Waals surface area (Å²) >= 11 is 0. The van der Waals surface area contributed by atoms with E-state index in [0.717, 1.165) is 12.0 Å². The van der Waals surface area contributed by atoms with Crippen LogP contribution in [0.4, 0.5) is 0 Å². The van der Waals surface area contributed by atoms with Crippen LogP contribution >= 0.6 is 0 Å². The summed E-state index contributed by atoms with van der Waals surface area (Å²) in [7, 11) is 2.29. The van der Waals surface area contributed by atoms with Crippen molar-refractivity contribution in [2.24, 2.45) is 5.92 Å². The number of hydrogen-bond donors (Lipinski definition) is 0. The van der Waals surface area contributed by atoms with Gasteiger partial charge < -0.3 is 4.90 Å². The summed E-state index contributed by atoms with van der Waals surface area (Å²) < 4.78 is 0. The second-order valence-electron chi connectivity index (χ2n) is 4.76. The van der Waals surface area contributed by atoms with Crippen molar-refractivity contribution in [1.29, 1.82) is 0 Å². The Hall–Kier alpha value is -0.0400. The molecule has 106 valence electrons. The molecule has 0 aliphatic carbocycles. The van der Waals surface area contributed by atoms with Gasteiger partial charge in [-0.15, -0.1) is 0 Å². The van der Waals surface area contributed by atoms with Crippen LogP contribution in [0.2, 0.25) is 0 Å². The van der Waals surface area contributed by atoms with Gasteiger partial charge in [0.05, 0.1) is 0 Å². The Bertz CT molecular complexity index is 133. The highest BCUT2D eigenvalue weighted by molar-refractivity contribution is 4.77. The van der Waals surface area contributed by atoms with Crippen LogP contribution in [0.1, 0.15) is 80.1 Å². The summed E-state index contributed by atoms with van der Waals surface area (Å²) in [4.78, 5) is 2.57. The van der Waals surface area contributed by atoms with Gasteiger partial charge in [0.1, 0.15) is 0 Å². The molecule has 1 aliphatic rings. The predicted octanol–water partition coefficient (Wildman–Crippen LogP) is 5.35. The Morgan fingerprint density at radius 1 is 1.06 bits per heavy atom. The molecule has 0 N–H and O–H groups in total. The van der Waals surface area contributed by atoms with Crippen LogP contribution in [0.5, 0.6) is 0 Å². The standard InChI is InChI=1S/C12H25N.2C2H6/c1-4-5-6-7-12-10-11(2)8-9-13(12)3;2*1-2/h11-12H,4-10H2,1-3H3;2*1-2H3. The van der Waals surface area contributed by atoms with E-state index >= 15 is 0 Å². The van der Waals surface area contributed by atoms with Crippen LogP contribution in [-0.4, -0.2) is 24.5 Å². The summed E-state index contributed by atoms with van der Waals surface area (Å²) in [6, 6.07) is 0.885. The highest BCUT2D eigenvalue weighted by Crippen LogP contribution is 2.24. The van der Waals surface area contributed by atoms with Crippen molar-refractivity contribution in [3.63, 3.8) is 0 Å². The van der Waals surface area contributed by atoms with Gasteiger partial charge in [-0.3, -0.25) is 0 Å². The van der Waals surface area contributed by atoms with Crippen molar-refractivity contribution in [3.05, 3.63) is 0 Å². The molecular formula is C16H37N. The lowest BCUT2D eigenvalue weighted by atomic mass is 9.90. The molecule has 0 saturated carbocycles. The molecule has 0 aromatic heterocycles. The fourth-order valence-electron chi connectivity index (χ4n) is 2.34. The molecule has 1 heterocycles. The lowest BCUT2D eigenvalue weighted by Crippen LogP contribution is -2.39. The minimum Gasteiger partial charge on any atom is -0.303 e. The maximum absolute atomic E-state index is 2.57. The first kappa shape index (κ1) is 19.3. The molecule has 1 fully saturated rings. The molecule has 0 aromatic rings. The number of nitrogens with zero attached hydrogens (tertiary/aromatic N) is 1. The van der Waals surface area contributed by atoms with Gasteiger partial charge in [-0.05, 0) is 38.8 Å². The summed E-state index contributed by atoms with van der Waals surface area (Å²) in [6.07, 6.45) is 8.46. The normalized spacial score (nSPS) is 24.2. The zero-order valence-electron chi connectivity index (χ0n) is 13.6. The van der Waals surface area contributed by atoms with Gasteiger partial charge in [-0.2, -0.15) is 0 Å². The molecule has 1 saturated heterocycles. The molecule has 0 aromatic carbocycles. The first-order valence-electron chi connectivity index (χ1n) is 7.94. The molecular weight excluding hydrogens is 206 g/mol. The van der Waals surface area contributed by atoms with Crippen LogP contribution in [0.25, 0.3) is 0 Å². The Kier molecular flexibility index (Phi) is 15.9. The quantitative estimate of drug-likeness (QED) is 0.602. The van der Waals surface area contributed by atoms with Gasteiger partial charge in [0.2, 0.25) is 0 Å². The van der Waals surface area contributed by atoms with E-state index in [0.29, 0.717) is 0 Å². The molecule has 1 heteroatoms. The van der Waals surface area contributed by atoms with Crippen molar-refractivity contribution in [2.75, 3.05) is 13.6 Å². The Labute approximate surface area is 111 Å². The van der Waals surface area contributed by atoms with E-state index in [1.807, 2.05) is 27.7 Å². The molecule has 1 nitrogen and oxygen atoms in total. The molecule has 0 spiro atoms. The van der Waals surface area contributed by atoms with Crippen molar-refractivity contribution in [3.8, 4) is 0 Å². The van der Waals surface area contributed by atoms with Crippen LogP contribution in [0.15, 0.2) is 0 Å². The molecule has 1 aliphatic heterocycles. The van der Waals surface area contributed by atoms with Crippen molar-refractivity contribution in [1.82, 2.24) is 4.90 Å². The SMILES string of the molecule is CC.CC.CCCCCC1CC(C)CCN1C. The lowest BCUT2D eigenvalue weighted by molar-refractivity contribution is 0.139. The number of unbranched alkanes of at least 4 members (excludes halogenated alkanes) is 2. The van der Waals surface area contributed by atoms with Gasteiger partial charge in [-0.25, -0.2) is 0 Å². The summed E-state index contributed by atoms with van der Waals surface area (Å²) in [5.74, 6) is 0.961. The molecule has 1 rings (SSSR count). The van der Waals surface area contributed by atoms with Gasteiger partial charge in [0.15, 0.2) is 0 Å². The summed E-state index contributed by atoms with van der Waals surface area (Å²) in [6.45, 7) is 14.0. The Morgan fingerprint density at radius 2 is 1.65 bits per heavy atom. The van der Waals surface area contributed by atoms with Gasteiger partial charge in [0, 0.05) is 6.04 Å². The molecule has 2 unspecified atom stereocenters. The first-order chi connectivity index (χ1) is 8.24. The number of hydrogen-bond acceptors (Lipinski definition) is 1. The van der Waals surface area contributed by atoms with Crippen LogP contribution in [-0.2, 0) is 0 Å². The topological polar surface area (TPSA) is 3.24 Å². The van der Waals surface area contributed by atoms with E-state index in [1.54, 1.807) is 0 Å². The largest absolute Gasteiger partial charge is 0.303 e. The zero-order chi connectivity index (χ0) is 13.7. The van der Waals surface area contributed by atoms with E-state index in [4.69, 9.17) is 0 Å². The van der Waals surface area contributed by atoms with Gasteiger partial charge in [-0.1, -0.05) is 60.8 Å². The van der Waals surface area contributed by atoms with Crippen LogP contribution in [0.3, 0.4) is 0 Å². The molecule has 0 radical (unpaired) electrons. The van der Waals surface area contributed by atoms with Crippen molar-refractivity contribution in [2.45, 2.75) is 86.1 Å². The van der Waals surface area contributed by atoms with Gasteiger partial charge in [0.25, 0.3) is 0 Å². The van der Waals surface area contributed by atoms with Gasteiger partial charge >= 0.3 is 0 Å². The van der Waals surface area contributed by atoms with E-state index in [1.165, 1.54) is 45.1 Å². The molecule has 2 atom stereocenters. The monoisotopic (exact) mass is 243 g/mol. The number of rotatable bonds is 4. The maximum Gasteiger partial charge on any atom is 0.00947 e. The fraction of sp³-hybridized carbons (Fsp3) is 1.00. The smallest absolute Gasteiger partial charge is 0.00947 e. The van der Waals surface area contributed by atoms with E-state index in [2.05, 4.69) is 25.8 Å². The number of likely N-dealkylation sites (tertiary alicyclic amines) is 1. The third-order valence-electron chi connectivity index (χ3n) is 3.41. The second-order valence-corrected chi connectivity index (χ2v) is 4.76. The average Bonchev–Trinajstić information content (AvgIpc) is 2.39. The zero-order valence-corrected chi connectivity index (χ0v) is 13.6. The third-order valence-corrected chi connectivity index (χ3v) is 3.41. The summed E-state index contributed by atoms with van der Waals surface area (Å²) in [5, 5.41) is 0. The number of piperidine rings is 1. The Balaban J connectivity index is 0. The molecule has 17 heavy (non-hydrogen) atoms. The molecule has 0 amide bonds. The lowest BCUT2D eigenvalue weighted by Gasteiger charge is -2.36. The van der Waals surface area contributed by atoms with Crippen molar-refractivity contribution >= 4 is 0 Å².